The molecule has 12 nitrogen and oxygen atoms in total. The first-order valence-electron chi connectivity index (χ1n) is 13.6. The van der Waals surface area contributed by atoms with Gasteiger partial charge in [-0.05, 0) is 54.3 Å². The van der Waals surface area contributed by atoms with Crippen molar-refractivity contribution in [3.63, 3.8) is 0 Å². The smallest absolute Gasteiger partial charge is 0.332 e. The van der Waals surface area contributed by atoms with Gasteiger partial charge in [-0.1, -0.05) is 25.1 Å². The number of thioether (sulfide) groups is 1. The number of amides is 2. The molecule has 13 heteroatoms. The van der Waals surface area contributed by atoms with E-state index in [-0.39, 0.29) is 12.2 Å². The first-order chi connectivity index (χ1) is 20.0. The van der Waals surface area contributed by atoms with Crippen LogP contribution in [0.5, 0.6) is 11.5 Å². The number of para-hydroxylation sites is 1. The fourth-order valence-corrected chi connectivity index (χ4v) is 4.55. The molecule has 0 heterocycles. The van der Waals surface area contributed by atoms with E-state index in [4.69, 9.17) is 9.47 Å². The first-order valence-corrected chi connectivity index (χ1v) is 14.7. The number of ether oxygens (including phenoxy) is 2. The largest absolute Gasteiger partial charge is 0.479 e. The van der Waals surface area contributed by atoms with Gasteiger partial charge in [0.1, 0.15) is 23.7 Å². The molecule has 6 atom stereocenters. The summed E-state index contributed by atoms with van der Waals surface area (Å²) in [6, 6.07) is 13.7. The number of hydrogen-bond acceptors (Lipinski definition) is 10. The molecule has 0 bridgehead atoms. The van der Waals surface area contributed by atoms with Crippen molar-refractivity contribution >= 4 is 29.5 Å². The minimum atomic E-state index is -1.92. The minimum absolute atomic E-state index is 0.133. The zero-order valence-electron chi connectivity index (χ0n) is 23.6. The first kappa shape index (κ1) is 35.0. The number of carboxylic acid groups (broad SMARTS) is 1. The van der Waals surface area contributed by atoms with Crippen LogP contribution in [-0.2, 0) is 14.3 Å². The van der Waals surface area contributed by atoms with Gasteiger partial charge in [-0.2, -0.15) is 11.8 Å². The summed E-state index contributed by atoms with van der Waals surface area (Å²) in [4.78, 5) is 36.0. The van der Waals surface area contributed by atoms with Crippen molar-refractivity contribution in [3.8, 4) is 11.5 Å². The molecule has 6 unspecified atom stereocenters. The second kappa shape index (κ2) is 18.4. The van der Waals surface area contributed by atoms with E-state index >= 15 is 0 Å². The molecule has 2 aromatic carbocycles. The number of carbonyl (C=O) groups excluding carboxylic acids is 2. The number of benzene rings is 2. The molecule has 0 aliphatic carbocycles. The number of aliphatic hydroxyl groups excluding tert-OH is 4. The average molecular weight is 609 g/mol. The summed E-state index contributed by atoms with van der Waals surface area (Å²) >= 11 is 1.67. The molecule has 0 fully saturated rings. The van der Waals surface area contributed by atoms with Gasteiger partial charge in [0.15, 0.2) is 6.10 Å². The van der Waals surface area contributed by atoms with Crippen LogP contribution in [0.25, 0.3) is 0 Å². The number of nitrogens with one attached hydrogen (secondary N) is 2. The van der Waals surface area contributed by atoms with Crippen molar-refractivity contribution in [1.82, 2.24) is 10.6 Å². The molecule has 7 N–H and O–H groups in total. The zero-order chi connectivity index (χ0) is 31.1. The van der Waals surface area contributed by atoms with Crippen molar-refractivity contribution in [2.24, 2.45) is 0 Å². The summed E-state index contributed by atoms with van der Waals surface area (Å²) in [5.41, 5.74) is 0.247. The Morgan fingerprint density at radius 3 is 2.14 bits per heavy atom. The van der Waals surface area contributed by atoms with Gasteiger partial charge in [-0.3, -0.25) is 9.59 Å². The van der Waals surface area contributed by atoms with Crippen molar-refractivity contribution in [3.05, 3.63) is 60.2 Å². The maximum Gasteiger partial charge on any atom is 0.332 e. The van der Waals surface area contributed by atoms with E-state index in [2.05, 4.69) is 10.6 Å². The Hall–Kier alpha value is -3.20. The Balaban J connectivity index is 1.94. The van der Waals surface area contributed by atoms with Gasteiger partial charge in [0.2, 0.25) is 5.91 Å². The zero-order valence-corrected chi connectivity index (χ0v) is 24.4. The lowest BCUT2D eigenvalue weighted by Crippen LogP contribution is -2.58. The second-order valence-electron chi connectivity index (χ2n) is 9.48. The van der Waals surface area contributed by atoms with Crippen molar-refractivity contribution in [2.45, 2.75) is 63.3 Å². The molecule has 42 heavy (non-hydrogen) atoms. The molecular weight excluding hydrogens is 568 g/mol. The van der Waals surface area contributed by atoms with E-state index in [1.54, 1.807) is 36.0 Å². The average Bonchev–Trinajstić information content (AvgIpc) is 2.97. The molecule has 0 aliphatic rings. The van der Waals surface area contributed by atoms with Gasteiger partial charge >= 0.3 is 5.97 Å². The van der Waals surface area contributed by atoms with Crippen molar-refractivity contribution < 1.29 is 49.4 Å². The highest BCUT2D eigenvalue weighted by Gasteiger charge is 2.38. The number of carboxylic acids is 1. The van der Waals surface area contributed by atoms with Crippen LogP contribution in [0.4, 0.5) is 0 Å². The predicted molar refractivity (Wildman–Crippen MR) is 157 cm³/mol. The molecule has 0 saturated heterocycles. The van der Waals surface area contributed by atoms with Gasteiger partial charge < -0.3 is 45.6 Å². The van der Waals surface area contributed by atoms with E-state index in [1.807, 2.05) is 25.1 Å². The third kappa shape index (κ3) is 12.0. The Labute approximate surface area is 249 Å². The maximum atomic E-state index is 12.6. The molecule has 0 radical (unpaired) electrons. The lowest BCUT2D eigenvalue weighted by atomic mass is 9.93. The predicted octanol–water partition coefficient (Wildman–Crippen LogP) is 1.16. The van der Waals surface area contributed by atoms with Gasteiger partial charge in [0.05, 0.1) is 18.2 Å². The summed E-state index contributed by atoms with van der Waals surface area (Å²) in [6.07, 6.45) is -8.52. The second-order valence-corrected chi connectivity index (χ2v) is 10.9. The standard InChI is InChI=1S/C29H40N2O10S/c1-3-42-15-7-14-40-24(29(38)39)16-22(33)25(31-18(2)32)27(36)26(35)23(34)17-30-28(37)19-10-12-21(13-11-19)41-20-8-5-4-6-9-20/h4-6,8-13,22-27,33-36H,3,7,14-17H2,1-2H3,(H,30,37)(H,31,32)(H,38,39). The van der Waals surface area contributed by atoms with E-state index in [0.29, 0.717) is 17.9 Å². The summed E-state index contributed by atoms with van der Waals surface area (Å²) < 4.78 is 11.1. The van der Waals surface area contributed by atoms with Crippen LogP contribution in [-0.4, -0.2) is 105 Å². The lowest BCUT2D eigenvalue weighted by Gasteiger charge is -2.33. The molecule has 2 aromatic rings. The number of hydrogen-bond donors (Lipinski definition) is 7. The number of aliphatic hydroxyl groups is 4. The van der Waals surface area contributed by atoms with Crippen LogP contribution in [0.1, 0.15) is 37.0 Å². The van der Waals surface area contributed by atoms with E-state index in [1.165, 1.54) is 12.1 Å². The van der Waals surface area contributed by atoms with Crippen molar-refractivity contribution in [1.29, 1.82) is 0 Å². The topological polar surface area (TPSA) is 195 Å². The van der Waals surface area contributed by atoms with Crippen LogP contribution >= 0.6 is 11.8 Å². The highest BCUT2D eigenvalue weighted by molar-refractivity contribution is 7.99. The summed E-state index contributed by atoms with van der Waals surface area (Å²) in [7, 11) is 0. The van der Waals surface area contributed by atoms with Crippen LogP contribution < -0.4 is 15.4 Å². The maximum absolute atomic E-state index is 12.6. The Morgan fingerprint density at radius 1 is 0.905 bits per heavy atom. The van der Waals surface area contributed by atoms with Crippen LogP contribution in [0.2, 0.25) is 0 Å². The summed E-state index contributed by atoms with van der Waals surface area (Å²) in [5, 5.41) is 56.7. The monoisotopic (exact) mass is 608 g/mol. The minimum Gasteiger partial charge on any atom is -0.479 e. The number of carbonyl (C=O) groups is 3. The molecule has 0 saturated carbocycles. The normalized spacial score (nSPS) is 15.5. The number of aliphatic carboxylic acids is 1. The summed E-state index contributed by atoms with van der Waals surface area (Å²) in [5.74, 6) is 0.235. The van der Waals surface area contributed by atoms with Crippen molar-refractivity contribution in [2.75, 3.05) is 24.7 Å². The Bertz CT molecular complexity index is 1110. The molecule has 0 aliphatic heterocycles. The fraction of sp³-hybridized carbons (Fsp3) is 0.483. The Morgan fingerprint density at radius 2 is 1.55 bits per heavy atom. The third-order valence-corrected chi connectivity index (χ3v) is 7.14. The van der Waals surface area contributed by atoms with Gasteiger partial charge in [-0.15, -0.1) is 0 Å². The van der Waals surface area contributed by atoms with E-state index in [0.717, 1.165) is 18.4 Å². The molecule has 0 aromatic heterocycles. The van der Waals surface area contributed by atoms with Crippen LogP contribution in [0.3, 0.4) is 0 Å². The van der Waals surface area contributed by atoms with Crippen LogP contribution in [0.15, 0.2) is 54.6 Å². The van der Waals surface area contributed by atoms with E-state index in [9.17, 15) is 39.9 Å². The SMILES string of the molecule is CCSCCCOC(CC(O)C(NC(C)=O)C(O)C(O)C(O)CNC(=O)c1ccc(Oc2ccccc2)cc1)C(=O)O. The lowest BCUT2D eigenvalue weighted by molar-refractivity contribution is -0.154. The van der Waals surface area contributed by atoms with E-state index < -0.39 is 67.3 Å². The highest BCUT2D eigenvalue weighted by atomic mass is 32.2. The fourth-order valence-electron chi connectivity index (χ4n) is 3.94. The Kier molecular flexibility index (Phi) is 15.3. The quantitative estimate of drug-likeness (QED) is 0.113. The molecule has 0 spiro atoms. The molecular formula is C29H40N2O10S. The van der Waals surface area contributed by atoms with Gasteiger partial charge in [-0.25, -0.2) is 4.79 Å². The number of rotatable bonds is 19. The van der Waals surface area contributed by atoms with Crippen LogP contribution in [0, 0.1) is 0 Å². The third-order valence-electron chi connectivity index (χ3n) is 6.15. The van der Waals surface area contributed by atoms with Gasteiger partial charge in [0.25, 0.3) is 5.91 Å². The summed E-state index contributed by atoms with van der Waals surface area (Å²) in [6.45, 7) is 2.77. The van der Waals surface area contributed by atoms with Gasteiger partial charge in [0, 0.05) is 32.1 Å². The molecule has 2 rings (SSSR count). The molecule has 2 amide bonds. The molecule has 232 valence electrons. The highest BCUT2D eigenvalue weighted by Crippen LogP contribution is 2.21.